The van der Waals surface area contributed by atoms with Crippen LogP contribution in [0.3, 0.4) is 0 Å². The lowest BCUT2D eigenvalue weighted by atomic mass is 10.2. The number of para-hydroxylation sites is 1. The van der Waals surface area contributed by atoms with Crippen LogP contribution < -0.4 is 10.6 Å². The Morgan fingerprint density at radius 3 is 2.54 bits per heavy atom. The van der Waals surface area contributed by atoms with Crippen LogP contribution in [-0.4, -0.2) is 29.9 Å². The number of furan rings is 1. The highest BCUT2D eigenvalue weighted by molar-refractivity contribution is 6.32. The average Bonchev–Trinajstić information content (AvgIpc) is 3.03. The van der Waals surface area contributed by atoms with Gasteiger partial charge in [-0.3, -0.25) is 9.59 Å². The monoisotopic (exact) mass is 343 g/mol. The van der Waals surface area contributed by atoms with E-state index in [-0.39, 0.29) is 35.8 Å². The molecule has 0 radical (unpaired) electrons. The number of carbonyl (C=O) groups is 2. The fraction of sp³-hybridized carbons (Fsp3) is 0.118. The summed E-state index contributed by atoms with van der Waals surface area (Å²) in [7, 11) is 0. The largest absolute Gasteiger partial charge is 0.451 e. The molecule has 2 aromatic heterocycles. The summed E-state index contributed by atoms with van der Waals surface area (Å²) in [6.07, 6.45) is 1.51. The van der Waals surface area contributed by atoms with Gasteiger partial charge in [-0.25, -0.2) is 4.98 Å². The van der Waals surface area contributed by atoms with E-state index in [1.165, 1.54) is 6.20 Å². The normalized spacial score (nSPS) is 10.5. The second kappa shape index (κ2) is 7.14. The minimum atomic E-state index is -0.342. The standard InChI is InChI=1S/C17H14ClN3O3/c18-15-12(5-3-7-19-15)16(22)20-8-9-21-17(23)14-10-11-4-1-2-6-13(11)24-14/h1-7,10H,8-9H2,(H,20,22)(H,21,23). The molecular weight excluding hydrogens is 330 g/mol. The average molecular weight is 344 g/mol. The maximum Gasteiger partial charge on any atom is 0.287 e. The van der Waals surface area contributed by atoms with E-state index >= 15 is 0 Å². The van der Waals surface area contributed by atoms with Crippen molar-refractivity contribution in [1.82, 2.24) is 15.6 Å². The molecule has 0 aliphatic carbocycles. The first-order chi connectivity index (χ1) is 11.6. The van der Waals surface area contributed by atoms with Gasteiger partial charge in [0.15, 0.2) is 5.76 Å². The van der Waals surface area contributed by atoms with Crippen molar-refractivity contribution >= 4 is 34.4 Å². The van der Waals surface area contributed by atoms with Gasteiger partial charge in [-0.05, 0) is 24.3 Å². The Hall–Kier alpha value is -2.86. The molecule has 2 heterocycles. The molecule has 0 spiro atoms. The van der Waals surface area contributed by atoms with Crippen LogP contribution in [0.2, 0.25) is 5.15 Å². The van der Waals surface area contributed by atoms with Crippen LogP contribution in [0.15, 0.2) is 53.1 Å². The predicted octanol–water partition coefficient (Wildman–Crippen LogP) is 2.64. The van der Waals surface area contributed by atoms with Gasteiger partial charge in [0.25, 0.3) is 11.8 Å². The molecule has 0 saturated heterocycles. The molecule has 0 aliphatic rings. The molecule has 0 saturated carbocycles. The number of fused-ring (bicyclic) bond motifs is 1. The lowest BCUT2D eigenvalue weighted by molar-refractivity contribution is 0.0912. The number of nitrogens with zero attached hydrogens (tertiary/aromatic N) is 1. The van der Waals surface area contributed by atoms with Gasteiger partial charge in [0.2, 0.25) is 0 Å². The predicted molar refractivity (Wildman–Crippen MR) is 90.1 cm³/mol. The van der Waals surface area contributed by atoms with E-state index in [1.54, 1.807) is 24.3 Å². The van der Waals surface area contributed by atoms with Crippen molar-refractivity contribution in [2.24, 2.45) is 0 Å². The lowest BCUT2D eigenvalue weighted by Gasteiger charge is -2.06. The molecule has 6 nitrogen and oxygen atoms in total. The van der Waals surface area contributed by atoms with Crippen molar-refractivity contribution in [3.63, 3.8) is 0 Å². The molecule has 0 aliphatic heterocycles. The molecular formula is C17H14ClN3O3. The molecule has 0 atom stereocenters. The van der Waals surface area contributed by atoms with Gasteiger partial charge in [0.1, 0.15) is 10.7 Å². The summed E-state index contributed by atoms with van der Waals surface area (Å²) in [6.45, 7) is 0.523. The van der Waals surface area contributed by atoms with Crippen LogP contribution in [0.25, 0.3) is 11.0 Å². The first-order valence-corrected chi connectivity index (χ1v) is 7.68. The Labute approximate surface area is 142 Å². The minimum absolute atomic E-state index is 0.140. The quantitative estimate of drug-likeness (QED) is 0.551. The first kappa shape index (κ1) is 16.0. The van der Waals surface area contributed by atoms with E-state index in [9.17, 15) is 9.59 Å². The molecule has 7 heteroatoms. The van der Waals surface area contributed by atoms with Gasteiger partial charge >= 0.3 is 0 Å². The number of benzene rings is 1. The maximum absolute atomic E-state index is 12.0. The number of hydrogen-bond donors (Lipinski definition) is 2. The molecule has 122 valence electrons. The molecule has 24 heavy (non-hydrogen) atoms. The van der Waals surface area contributed by atoms with E-state index in [0.717, 1.165) is 5.39 Å². The van der Waals surface area contributed by atoms with Crippen LogP contribution in [-0.2, 0) is 0 Å². The van der Waals surface area contributed by atoms with Gasteiger partial charge in [0.05, 0.1) is 5.56 Å². The molecule has 2 N–H and O–H groups in total. The van der Waals surface area contributed by atoms with Crippen LogP contribution >= 0.6 is 11.6 Å². The van der Waals surface area contributed by atoms with E-state index in [0.29, 0.717) is 11.1 Å². The topological polar surface area (TPSA) is 84.2 Å². The number of pyridine rings is 1. The molecule has 3 rings (SSSR count). The van der Waals surface area contributed by atoms with Gasteiger partial charge in [-0.15, -0.1) is 0 Å². The number of carbonyl (C=O) groups excluding carboxylic acids is 2. The van der Waals surface area contributed by atoms with E-state index in [1.807, 2.05) is 18.2 Å². The highest BCUT2D eigenvalue weighted by Crippen LogP contribution is 2.18. The number of rotatable bonds is 5. The maximum atomic E-state index is 12.0. The summed E-state index contributed by atoms with van der Waals surface area (Å²) >= 11 is 5.85. The Morgan fingerprint density at radius 2 is 1.79 bits per heavy atom. The molecule has 1 aromatic carbocycles. The number of nitrogens with one attached hydrogen (secondary N) is 2. The summed E-state index contributed by atoms with van der Waals surface area (Å²) < 4.78 is 5.47. The Bertz CT molecular complexity index is 858. The number of hydrogen-bond acceptors (Lipinski definition) is 4. The fourth-order valence-corrected chi connectivity index (χ4v) is 2.39. The third-order valence-electron chi connectivity index (χ3n) is 3.35. The summed E-state index contributed by atoms with van der Waals surface area (Å²) in [4.78, 5) is 27.8. The molecule has 2 amide bonds. The lowest BCUT2D eigenvalue weighted by Crippen LogP contribution is -2.34. The molecule has 0 bridgehead atoms. The van der Waals surface area contributed by atoms with Gasteiger partial charge in [-0.1, -0.05) is 29.8 Å². The molecule has 0 unspecified atom stereocenters. The second-order valence-corrected chi connectivity index (χ2v) is 5.36. The van der Waals surface area contributed by atoms with Crippen LogP contribution in [0, 0.1) is 0 Å². The fourth-order valence-electron chi connectivity index (χ4n) is 2.18. The molecule has 0 fully saturated rings. The Kier molecular flexibility index (Phi) is 4.77. The summed E-state index contributed by atoms with van der Waals surface area (Å²) in [5, 5.41) is 6.35. The Balaban J connectivity index is 1.50. The summed E-state index contributed by atoms with van der Waals surface area (Å²) in [6, 6.07) is 12.3. The highest BCUT2D eigenvalue weighted by Gasteiger charge is 2.12. The van der Waals surface area contributed by atoms with E-state index < -0.39 is 0 Å². The smallest absolute Gasteiger partial charge is 0.287 e. The van der Waals surface area contributed by atoms with E-state index in [2.05, 4.69) is 15.6 Å². The van der Waals surface area contributed by atoms with Crippen molar-refractivity contribution in [3.8, 4) is 0 Å². The zero-order chi connectivity index (χ0) is 16.9. The zero-order valence-electron chi connectivity index (χ0n) is 12.6. The van der Waals surface area contributed by atoms with E-state index in [4.69, 9.17) is 16.0 Å². The SMILES string of the molecule is O=C(NCCNC(=O)c1cccnc1Cl)c1cc2ccccc2o1. The number of halogens is 1. The zero-order valence-corrected chi connectivity index (χ0v) is 13.3. The van der Waals surface area contributed by atoms with Gasteiger partial charge < -0.3 is 15.1 Å². The highest BCUT2D eigenvalue weighted by atomic mass is 35.5. The van der Waals surface area contributed by atoms with Crippen LogP contribution in [0.4, 0.5) is 0 Å². The van der Waals surface area contributed by atoms with Gasteiger partial charge in [-0.2, -0.15) is 0 Å². The third-order valence-corrected chi connectivity index (χ3v) is 3.65. The first-order valence-electron chi connectivity index (χ1n) is 7.30. The second-order valence-electron chi connectivity index (χ2n) is 5.00. The summed E-state index contributed by atoms with van der Waals surface area (Å²) in [5.41, 5.74) is 0.949. The number of aromatic nitrogens is 1. The minimum Gasteiger partial charge on any atom is -0.451 e. The van der Waals surface area contributed by atoms with Crippen LogP contribution in [0.5, 0.6) is 0 Å². The van der Waals surface area contributed by atoms with Crippen molar-refractivity contribution < 1.29 is 14.0 Å². The summed E-state index contributed by atoms with van der Waals surface area (Å²) in [5.74, 6) is -0.441. The van der Waals surface area contributed by atoms with Crippen LogP contribution in [0.1, 0.15) is 20.9 Å². The molecule has 3 aromatic rings. The van der Waals surface area contributed by atoms with Gasteiger partial charge in [0, 0.05) is 24.7 Å². The third kappa shape index (κ3) is 3.55. The van der Waals surface area contributed by atoms with Crippen molar-refractivity contribution in [2.75, 3.05) is 13.1 Å². The van der Waals surface area contributed by atoms with Crippen molar-refractivity contribution in [1.29, 1.82) is 0 Å². The number of amides is 2. The van der Waals surface area contributed by atoms with Crippen molar-refractivity contribution in [2.45, 2.75) is 0 Å². The Morgan fingerprint density at radius 1 is 1.04 bits per heavy atom. The van der Waals surface area contributed by atoms with Crippen molar-refractivity contribution in [3.05, 3.63) is 65.1 Å².